The zero-order valence-electron chi connectivity index (χ0n) is 82.3. The van der Waals surface area contributed by atoms with Crippen LogP contribution in [-0.2, 0) is 28.9 Å². The van der Waals surface area contributed by atoms with Gasteiger partial charge in [-0.25, -0.2) is 27.6 Å². The van der Waals surface area contributed by atoms with Crippen molar-refractivity contribution in [1.82, 2.24) is 63.6 Å². The molecule has 141 heavy (non-hydrogen) atoms. The van der Waals surface area contributed by atoms with Crippen LogP contribution in [0.1, 0.15) is 244 Å². The van der Waals surface area contributed by atoms with Crippen LogP contribution in [0.4, 0.5) is 13.2 Å². The maximum Gasteiger partial charge on any atom is 0.354 e. The van der Waals surface area contributed by atoms with Gasteiger partial charge in [-0.3, -0.25) is 53.0 Å². The Hall–Kier alpha value is -11.2. The SMILES string of the molecule is C.CC(=O)NCCN1[C@H](CCN=C(C)N)CCC[C@H]1c1ccc(-n2cc3cc(-c4cc(CCCC(C)C)cc(Cl)c4F)[nH]c3nc2=O)cc1.CC(N)=NCC[C@@H]1CCC[C@@H](c2ccc(-n3cc4cc(-c5cc(CCCC(C)C)cc(Cl)c5F)[nH]c4nc3=O)cc2)N1CC(=O)O.CSCCN1[C@H](CCN=C(C)N)CCC[C@H]1c1ccc(-n2cc3cc(-c4cc(CCCC(C)C)cc(Cl)c4F)[nH]c3nc2=O)cc1. The summed E-state index contributed by atoms with van der Waals surface area (Å²) >= 11 is 20.8. The molecule has 3 aliphatic rings. The molecule has 0 radical (unpaired) electrons. The van der Waals surface area contributed by atoms with Gasteiger partial charge < -0.3 is 42.6 Å². The van der Waals surface area contributed by atoms with Gasteiger partial charge in [-0.2, -0.15) is 26.7 Å². The van der Waals surface area contributed by atoms with Crippen molar-refractivity contribution in [1.29, 1.82) is 0 Å². The van der Waals surface area contributed by atoms with Crippen molar-refractivity contribution in [3.63, 3.8) is 0 Å². The summed E-state index contributed by atoms with van der Waals surface area (Å²) in [5.41, 5.74) is 28.1. The number of nitrogens with one attached hydrogen (secondary N) is 4. The number of hydrogen-bond donors (Lipinski definition) is 8. The minimum atomic E-state index is -0.871. The monoisotopic (exact) mass is 2000 g/mol. The summed E-state index contributed by atoms with van der Waals surface area (Å²) in [5, 5.41) is 14.9. The lowest BCUT2D eigenvalue weighted by atomic mass is 9.89. The molecule has 32 heteroatoms. The number of H-pyrrole nitrogens is 3. The number of benzene rings is 6. The third-order valence-electron chi connectivity index (χ3n) is 26.8. The number of halogens is 6. The zero-order chi connectivity index (χ0) is 100. The lowest BCUT2D eigenvalue weighted by Gasteiger charge is -2.42. The van der Waals surface area contributed by atoms with Crippen molar-refractivity contribution < 1.29 is 27.9 Å². The van der Waals surface area contributed by atoms with Crippen LogP contribution in [0.25, 0.3) is 83.9 Å². The van der Waals surface area contributed by atoms with Crippen LogP contribution in [0.3, 0.4) is 0 Å². The van der Waals surface area contributed by atoms with E-state index in [9.17, 15) is 29.1 Å². The summed E-state index contributed by atoms with van der Waals surface area (Å²) in [6.07, 6.45) is 27.9. The lowest BCUT2D eigenvalue weighted by molar-refractivity contribution is -0.140. The largest absolute Gasteiger partial charge is 0.480 e. The number of aliphatic imine (C=N–C) groups is 3. The van der Waals surface area contributed by atoms with Gasteiger partial charge in [-0.15, -0.1) is 0 Å². The van der Waals surface area contributed by atoms with Crippen LogP contribution in [0, 0.1) is 35.2 Å². The molecule has 1 amide bonds. The Morgan fingerprint density at radius 1 is 0.468 bits per heavy atom. The van der Waals surface area contributed by atoms with Gasteiger partial charge in [-0.05, 0) is 285 Å². The van der Waals surface area contributed by atoms with Crippen molar-refractivity contribution in [2.75, 3.05) is 57.8 Å². The molecule has 0 spiro atoms. The number of carboxylic acid groups (broad SMARTS) is 1. The molecule has 754 valence electrons. The van der Waals surface area contributed by atoms with Gasteiger partial charge in [0.25, 0.3) is 0 Å². The average molecular weight is 2010 g/mol. The maximum absolute atomic E-state index is 15.2. The number of thioether (sulfide) groups is 1. The number of nitrogens with two attached hydrogens (primary N) is 3. The molecule has 3 fully saturated rings. The number of carbonyl (C=O) groups is 2. The fourth-order valence-electron chi connectivity index (χ4n) is 19.8. The molecule has 15 rings (SSSR count). The zero-order valence-corrected chi connectivity index (χ0v) is 85.4. The Morgan fingerprint density at radius 3 is 1.06 bits per heavy atom. The number of piperidine rings is 3. The molecular weight excluding hydrogens is 1870 g/mol. The number of likely N-dealkylation sites (tertiary alicyclic amines) is 3. The first-order chi connectivity index (χ1) is 67.1. The minimum absolute atomic E-state index is 0. The molecule has 0 bridgehead atoms. The van der Waals surface area contributed by atoms with Gasteiger partial charge in [0.15, 0.2) is 17.5 Å². The van der Waals surface area contributed by atoms with Crippen LogP contribution in [0.2, 0.25) is 15.1 Å². The molecule has 11 N–H and O–H groups in total. The number of aromatic nitrogens is 9. The normalized spacial score (nSPS) is 17.5. The molecule has 0 aliphatic carbocycles. The maximum atomic E-state index is 15.2. The molecule has 6 atom stereocenters. The Balaban J connectivity index is 0.000000188. The molecule has 0 saturated carbocycles. The fourth-order valence-corrected chi connectivity index (χ4v) is 21.0. The second-order valence-corrected chi connectivity index (χ2v) is 41.1. The second-order valence-electron chi connectivity index (χ2n) is 38.8. The molecule has 3 aliphatic heterocycles. The van der Waals surface area contributed by atoms with Crippen LogP contribution >= 0.6 is 46.6 Å². The number of hydrogen-bond acceptors (Lipinski definition) is 15. The number of aryl methyl sites for hydroxylation is 3. The lowest BCUT2D eigenvalue weighted by Crippen LogP contribution is -2.45. The Bertz CT molecular complexity index is 6540. The number of rotatable bonds is 38. The van der Waals surface area contributed by atoms with E-state index in [1.54, 1.807) is 61.3 Å². The molecule has 25 nitrogen and oxygen atoms in total. The van der Waals surface area contributed by atoms with Crippen LogP contribution in [-0.4, -0.2) is 169 Å². The third-order valence-corrected chi connectivity index (χ3v) is 28.2. The van der Waals surface area contributed by atoms with E-state index < -0.39 is 40.5 Å². The number of fused-ring (bicyclic) bond motifs is 3. The van der Waals surface area contributed by atoms with Crippen molar-refractivity contribution in [3.8, 4) is 50.8 Å². The van der Waals surface area contributed by atoms with E-state index in [2.05, 4.69) is 132 Å². The first kappa shape index (κ1) is 109. The van der Waals surface area contributed by atoms with Crippen molar-refractivity contribution in [2.24, 2.45) is 49.9 Å². The standard InChI is InChI=1S/C37H47ClFN7O2.C36H46ClFN6OS.C35H42ClFN6O3.CH4/c1-23(2)7-5-8-26-19-31(35(39)32(38)20-26)33-21-28-22-46(37(48)44-36(28)43-33)30-13-11-27(12-14-30)34-10-6-9-29(15-16-41-24(3)40)45(34)18-17-42-25(4)47;1-23(2)7-5-8-25-19-30(34(38)31(37)20-25)32-21-27-22-44(36(45)42-35(27)41-32)29-13-11-26(12-14-29)33-10-6-9-28(15-16-40-24(3)39)43(33)17-18-46-4;1-21(2)6-4-7-23-16-28(33(37)29(36)17-23)30-18-25-19-43(35(46)41-34(25)40-30)27-12-10-24(11-13-27)31-9-5-8-26(14-15-39-22(3)38)42(31)20-32(44)45;/h11-14,19-23,29,34H,5-10,15-18H2,1-4H3,(H2,40,41)(H,42,47)(H,43,44,48);11-14,19-23,28,33H,5-10,15-18H2,1-4H3,(H2,39,40)(H,41,42,45);10-13,16-19,21,26,31H,4-9,14-15,20H2,1-3H3,(H2,38,39)(H,44,45)(H,40,41,46);1H4/t29-,34-;28-,33-;26-,31-;/m000./s1. The van der Waals surface area contributed by atoms with Crippen LogP contribution in [0.15, 0.2) is 175 Å². The number of aromatic amines is 3. The highest BCUT2D eigenvalue weighted by atomic mass is 35.5. The van der Waals surface area contributed by atoms with Gasteiger partial charge in [0, 0.05) is 140 Å². The van der Waals surface area contributed by atoms with Gasteiger partial charge in [0.2, 0.25) is 5.91 Å². The van der Waals surface area contributed by atoms with E-state index in [1.165, 1.54) is 34.5 Å². The van der Waals surface area contributed by atoms with Crippen LogP contribution < -0.4 is 39.6 Å². The first-order valence-corrected chi connectivity index (χ1v) is 51.8. The summed E-state index contributed by atoms with van der Waals surface area (Å²) in [5.74, 6) is 2.18. The molecular formula is C109H139Cl3F3N19O6S. The highest BCUT2D eigenvalue weighted by Gasteiger charge is 2.36. The van der Waals surface area contributed by atoms with E-state index in [0.717, 1.165) is 181 Å². The van der Waals surface area contributed by atoms with Gasteiger partial charge in [-0.1, -0.05) is 139 Å². The highest BCUT2D eigenvalue weighted by Crippen LogP contribution is 2.42. The van der Waals surface area contributed by atoms with E-state index in [0.29, 0.717) is 151 Å². The topological polar surface area (TPSA) is 343 Å². The smallest absolute Gasteiger partial charge is 0.354 e. The Kier molecular flexibility index (Phi) is 39.4. The van der Waals surface area contributed by atoms with E-state index in [1.807, 2.05) is 102 Å². The predicted molar refractivity (Wildman–Crippen MR) is 573 cm³/mol. The number of carboxylic acids is 1. The van der Waals surface area contributed by atoms with Gasteiger partial charge >= 0.3 is 23.0 Å². The van der Waals surface area contributed by atoms with Gasteiger partial charge in [0.05, 0.1) is 73.3 Å². The van der Waals surface area contributed by atoms with Crippen molar-refractivity contribution >= 4 is 109 Å². The number of nitrogens with zero attached hydrogens (tertiary/aromatic N) is 12. The van der Waals surface area contributed by atoms with Gasteiger partial charge in [0.1, 0.15) is 16.9 Å². The number of carbonyl (C=O) groups excluding carboxylic acids is 1. The van der Waals surface area contributed by atoms with E-state index in [-0.39, 0.29) is 53.1 Å². The van der Waals surface area contributed by atoms with E-state index in [4.69, 9.17) is 52.0 Å². The third kappa shape index (κ3) is 29.1. The molecule has 12 aromatic rings. The first-order valence-electron chi connectivity index (χ1n) is 49.3. The Morgan fingerprint density at radius 2 is 0.773 bits per heavy atom. The second kappa shape index (κ2) is 51.2. The summed E-state index contributed by atoms with van der Waals surface area (Å²) in [7, 11) is 0. The number of aliphatic carboxylic acids is 1. The minimum Gasteiger partial charge on any atom is -0.480 e. The average Bonchev–Trinajstić information content (AvgIpc) is 1.65. The molecule has 3 saturated heterocycles. The molecule has 6 aromatic carbocycles. The van der Waals surface area contributed by atoms with Crippen LogP contribution in [0.5, 0.6) is 0 Å². The number of amidine groups is 3. The fraction of sp³-hybridized carbons (Fsp3) is 0.459. The van der Waals surface area contributed by atoms with E-state index >= 15 is 13.2 Å². The summed E-state index contributed by atoms with van der Waals surface area (Å²) in [6, 6.07) is 41.1. The summed E-state index contributed by atoms with van der Waals surface area (Å²) in [4.78, 5) is 106. The quantitative estimate of drug-likeness (QED) is 0.0132. The summed E-state index contributed by atoms with van der Waals surface area (Å²) in [6.45, 7) is 24.3. The van der Waals surface area contributed by atoms with Crippen molar-refractivity contribution in [3.05, 3.63) is 243 Å². The number of amides is 1. The summed E-state index contributed by atoms with van der Waals surface area (Å²) < 4.78 is 50.2. The highest BCUT2D eigenvalue weighted by molar-refractivity contribution is 7.98. The predicted octanol–water partition coefficient (Wildman–Crippen LogP) is 22.7. The molecule has 0 unspecified atom stereocenters. The molecule has 9 heterocycles. The Labute approximate surface area is 844 Å². The van der Waals surface area contributed by atoms with Crippen molar-refractivity contribution in [2.45, 2.75) is 248 Å². The molecule has 6 aromatic heterocycles.